The second kappa shape index (κ2) is 7.84. The lowest BCUT2D eigenvalue weighted by atomic mass is 10.1. The van der Waals surface area contributed by atoms with Crippen molar-refractivity contribution >= 4 is 5.91 Å². The van der Waals surface area contributed by atoms with Crippen LogP contribution >= 0.6 is 0 Å². The Hall–Kier alpha value is -1.39. The molecule has 0 saturated heterocycles. The van der Waals surface area contributed by atoms with E-state index in [1.54, 1.807) is 26.4 Å². The van der Waals surface area contributed by atoms with Crippen molar-refractivity contribution in [1.29, 1.82) is 0 Å². The summed E-state index contributed by atoms with van der Waals surface area (Å²) in [5.41, 5.74) is 1.55. The molecule has 0 aliphatic rings. The van der Waals surface area contributed by atoms with E-state index < -0.39 is 0 Å². The zero-order valence-electron chi connectivity index (χ0n) is 11.2. The zero-order chi connectivity index (χ0) is 13.4. The van der Waals surface area contributed by atoms with Crippen molar-refractivity contribution in [3.8, 4) is 0 Å². The minimum Gasteiger partial charge on any atom is -0.352 e. The number of amides is 1. The first-order valence-corrected chi connectivity index (χ1v) is 6.16. The largest absolute Gasteiger partial charge is 0.352 e. The molecule has 0 aromatic heterocycles. The van der Waals surface area contributed by atoms with Gasteiger partial charge in [-0.05, 0) is 18.6 Å². The first-order chi connectivity index (χ1) is 8.72. The number of rotatable bonds is 7. The van der Waals surface area contributed by atoms with E-state index >= 15 is 0 Å². The molecule has 4 heteroatoms. The molecule has 0 fully saturated rings. The molecule has 1 rings (SSSR count). The Morgan fingerprint density at radius 3 is 2.33 bits per heavy atom. The monoisotopic (exact) mass is 251 g/mol. The quantitative estimate of drug-likeness (QED) is 0.598. The summed E-state index contributed by atoms with van der Waals surface area (Å²) in [7, 11) is 3.17. The summed E-state index contributed by atoms with van der Waals surface area (Å²) >= 11 is 0. The van der Waals surface area contributed by atoms with Crippen LogP contribution in [0.2, 0.25) is 0 Å². The molecule has 1 amide bonds. The van der Waals surface area contributed by atoms with Gasteiger partial charge in [-0.15, -0.1) is 0 Å². The van der Waals surface area contributed by atoms with Crippen LogP contribution in [0.4, 0.5) is 0 Å². The fourth-order valence-corrected chi connectivity index (χ4v) is 1.64. The van der Waals surface area contributed by atoms with Crippen molar-refractivity contribution in [1.82, 2.24) is 5.32 Å². The van der Waals surface area contributed by atoms with Gasteiger partial charge in [0.15, 0.2) is 6.29 Å². The Labute approximate surface area is 108 Å². The lowest BCUT2D eigenvalue weighted by Crippen LogP contribution is -2.24. The number of nitrogens with one attached hydrogen (secondary N) is 1. The number of carbonyl (C=O) groups excluding carboxylic acids is 1. The summed E-state index contributed by atoms with van der Waals surface area (Å²) in [6.45, 7) is 2.81. The molecule has 1 aromatic carbocycles. The number of unbranched alkanes of at least 4 members (excludes halogenated alkanes) is 1. The summed E-state index contributed by atoms with van der Waals surface area (Å²) in [6, 6.07) is 7.24. The van der Waals surface area contributed by atoms with Crippen molar-refractivity contribution in [2.45, 2.75) is 26.1 Å². The summed E-state index contributed by atoms with van der Waals surface area (Å²) in [4.78, 5) is 11.8. The highest BCUT2D eigenvalue weighted by molar-refractivity contribution is 5.94. The van der Waals surface area contributed by atoms with Crippen LogP contribution in [0.3, 0.4) is 0 Å². The molecule has 18 heavy (non-hydrogen) atoms. The molecule has 0 aliphatic carbocycles. The second-order valence-corrected chi connectivity index (χ2v) is 4.03. The SMILES string of the molecule is CCCCNC(=O)c1ccc(C(OC)OC)cc1. The Morgan fingerprint density at radius 1 is 1.22 bits per heavy atom. The first kappa shape index (κ1) is 14.7. The van der Waals surface area contributed by atoms with Crippen LogP contribution in [0.15, 0.2) is 24.3 Å². The minimum absolute atomic E-state index is 0.0404. The number of hydrogen-bond donors (Lipinski definition) is 1. The Bertz CT molecular complexity index is 358. The molecule has 0 unspecified atom stereocenters. The van der Waals surface area contributed by atoms with Crippen molar-refractivity contribution in [2.24, 2.45) is 0 Å². The van der Waals surface area contributed by atoms with Gasteiger partial charge in [0.2, 0.25) is 0 Å². The highest BCUT2D eigenvalue weighted by atomic mass is 16.7. The van der Waals surface area contributed by atoms with Gasteiger partial charge >= 0.3 is 0 Å². The number of methoxy groups -OCH3 is 2. The fraction of sp³-hybridized carbons (Fsp3) is 0.500. The summed E-state index contributed by atoms with van der Waals surface area (Å²) in [5, 5.41) is 2.88. The summed E-state index contributed by atoms with van der Waals surface area (Å²) in [6.07, 6.45) is 1.68. The summed E-state index contributed by atoms with van der Waals surface area (Å²) in [5.74, 6) is -0.0404. The zero-order valence-corrected chi connectivity index (χ0v) is 11.2. The highest BCUT2D eigenvalue weighted by Gasteiger charge is 2.10. The van der Waals surface area contributed by atoms with Crippen molar-refractivity contribution in [3.63, 3.8) is 0 Å². The van der Waals surface area contributed by atoms with Crippen molar-refractivity contribution in [3.05, 3.63) is 35.4 Å². The van der Waals surface area contributed by atoms with Gasteiger partial charge in [-0.25, -0.2) is 0 Å². The molecular formula is C14H21NO3. The Balaban J connectivity index is 2.61. The number of benzene rings is 1. The average Bonchev–Trinajstić information content (AvgIpc) is 2.41. The minimum atomic E-state index is -0.387. The van der Waals surface area contributed by atoms with Crippen molar-refractivity contribution in [2.75, 3.05) is 20.8 Å². The normalized spacial score (nSPS) is 10.7. The van der Waals surface area contributed by atoms with Crippen LogP contribution in [0.25, 0.3) is 0 Å². The molecule has 4 nitrogen and oxygen atoms in total. The molecule has 0 spiro atoms. The van der Waals surface area contributed by atoms with Gasteiger partial charge in [-0.2, -0.15) is 0 Å². The molecular weight excluding hydrogens is 230 g/mol. The van der Waals surface area contributed by atoms with E-state index in [0.717, 1.165) is 24.9 Å². The van der Waals surface area contributed by atoms with Crippen LogP contribution in [0.5, 0.6) is 0 Å². The number of carbonyl (C=O) groups is 1. The molecule has 1 N–H and O–H groups in total. The molecule has 0 bridgehead atoms. The summed E-state index contributed by atoms with van der Waals surface area (Å²) < 4.78 is 10.3. The maximum atomic E-state index is 11.8. The van der Waals surface area contributed by atoms with Gasteiger partial charge in [0.05, 0.1) is 0 Å². The van der Waals surface area contributed by atoms with Crippen LogP contribution < -0.4 is 5.32 Å². The van der Waals surface area contributed by atoms with E-state index in [4.69, 9.17) is 9.47 Å². The Kier molecular flexibility index (Phi) is 6.39. The average molecular weight is 251 g/mol. The molecule has 0 aliphatic heterocycles. The van der Waals surface area contributed by atoms with E-state index in [1.807, 2.05) is 12.1 Å². The molecule has 100 valence electrons. The first-order valence-electron chi connectivity index (χ1n) is 6.16. The van der Waals surface area contributed by atoms with Crippen LogP contribution in [0.1, 0.15) is 42.0 Å². The third kappa shape index (κ3) is 4.13. The molecule has 0 saturated carbocycles. The molecule has 1 aromatic rings. The maximum Gasteiger partial charge on any atom is 0.251 e. The predicted molar refractivity (Wildman–Crippen MR) is 70.4 cm³/mol. The molecule has 0 radical (unpaired) electrons. The van der Waals surface area contributed by atoms with Gasteiger partial charge in [0.1, 0.15) is 0 Å². The fourth-order valence-electron chi connectivity index (χ4n) is 1.64. The third-order valence-corrected chi connectivity index (χ3v) is 2.69. The standard InChI is InChI=1S/C14H21NO3/c1-4-5-10-15-13(16)11-6-8-12(9-7-11)14(17-2)18-3/h6-9,14H,4-5,10H2,1-3H3,(H,15,16). The van der Waals surface area contributed by atoms with E-state index in [0.29, 0.717) is 5.56 Å². The topological polar surface area (TPSA) is 47.6 Å². The van der Waals surface area contributed by atoms with E-state index in [2.05, 4.69) is 12.2 Å². The van der Waals surface area contributed by atoms with Gasteiger partial charge in [0, 0.05) is 31.9 Å². The van der Waals surface area contributed by atoms with E-state index in [1.165, 1.54) is 0 Å². The van der Waals surface area contributed by atoms with Crippen LogP contribution in [0, 0.1) is 0 Å². The van der Waals surface area contributed by atoms with Crippen molar-refractivity contribution < 1.29 is 14.3 Å². The smallest absolute Gasteiger partial charge is 0.251 e. The molecule has 0 heterocycles. The lowest BCUT2D eigenvalue weighted by Gasteiger charge is -2.13. The predicted octanol–water partition coefficient (Wildman–Crippen LogP) is 2.51. The van der Waals surface area contributed by atoms with Gasteiger partial charge in [0.25, 0.3) is 5.91 Å². The van der Waals surface area contributed by atoms with Gasteiger partial charge in [-0.1, -0.05) is 25.5 Å². The van der Waals surface area contributed by atoms with Crippen LogP contribution in [-0.2, 0) is 9.47 Å². The second-order valence-electron chi connectivity index (χ2n) is 4.03. The number of ether oxygens (including phenoxy) is 2. The van der Waals surface area contributed by atoms with Crippen LogP contribution in [-0.4, -0.2) is 26.7 Å². The third-order valence-electron chi connectivity index (χ3n) is 2.69. The molecule has 0 atom stereocenters. The highest BCUT2D eigenvalue weighted by Crippen LogP contribution is 2.17. The maximum absolute atomic E-state index is 11.8. The lowest BCUT2D eigenvalue weighted by molar-refractivity contribution is -0.106. The van der Waals surface area contributed by atoms with E-state index in [-0.39, 0.29) is 12.2 Å². The Morgan fingerprint density at radius 2 is 1.83 bits per heavy atom. The van der Waals surface area contributed by atoms with E-state index in [9.17, 15) is 4.79 Å². The van der Waals surface area contributed by atoms with Gasteiger partial charge < -0.3 is 14.8 Å². The number of hydrogen-bond acceptors (Lipinski definition) is 3. The van der Waals surface area contributed by atoms with Gasteiger partial charge in [-0.3, -0.25) is 4.79 Å².